The molecule has 0 saturated carbocycles. The molecule has 0 atom stereocenters. The Hall–Kier alpha value is -3.77. The van der Waals surface area contributed by atoms with Crippen LogP contribution in [0.2, 0.25) is 0 Å². The van der Waals surface area contributed by atoms with Crippen LogP contribution in [0.15, 0.2) is 53.4 Å². The van der Waals surface area contributed by atoms with E-state index in [0.717, 1.165) is 4.31 Å². The van der Waals surface area contributed by atoms with E-state index >= 15 is 0 Å². The highest BCUT2D eigenvalue weighted by Gasteiger charge is 2.29. The van der Waals surface area contributed by atoms with Gasteiger partial charge in [0.05, 0.1) is 18.0 Å². The van der Waals surface area contributed by atoms with Crippen molar-refractivity contribution in [3.05, 3.63) is 65.2 Å². The van der Waals surface area contributed by atoms with Crippen molar-refractivity contribution in [1.29, 1.82) is 0 Å². The lowest BCUT2D eigenvalue weighted by Crippen LogP contribution is -2.49. The number of amides is 4. The summed E-state index contributed by atoms with van der Waals surface area (Å²) in [5.74, 6) is -1.96. The standard InChI is InChI=1S/C21H23N5O6S/c22-18(27)12-25-20(29)15-6-4-14(5-7-15)11-24-21(30)16-2-1-3-17(10-16)33(31,32)26-9-8-23-19(28)13-26/h1-7,10H,8-9,11-13H2,(H2,22,27)(H,23,28)(H,24,30)(H,25,29). The van der Waals surface area contributed by atoms with Gasteiger partial charge in [-0.1, -0.05) is 18.2 Å². The summed E-state index contributed by atoms with van der Waals surface area (Å²) in [7, 11) is -3.92. The quantitative estimate of drug-likeness (QED) is 0.382. The van der Waals surface area contributed by atoms with Crippen molar-refractivity contribution in [3.8, 4) is 0 Å². The van der Waals surface area contributed by atoms with Crippen LogP contribution in [0.3, 0.4) is 0 Å². The molecule has 33 heavy (non-hydrogen) atoms. The Labute approximate surface area is 190 Å². The van der Waals surface area contributed by atoms with E-state index in [2.05, 4.69) is 16.0 Å². The Balaban J connectivity index is 1.62. The van der Waals surface area contributed by atoms with Gasteiger partial charge >= 0.3 is 0 Å². The number of carbonyl (C=O) groups excluding carboxylic acids is 4. The van der Waals surface area contributed by atoms with E-state index in [-0.39, 0.29) is 49.1 Å². The molecule has 0 radical (unpaired) electrons. The van der Waals surface area contributed by atoms with E-state index in [1.54, 1.807) is 24.3 Å². The van der Waals surface area contributed by atoms with Gasteiger partial charge in [-0.3, -0.25) is 19.2 Å². The molecule has 1 aliphatic heterocycles. The number of rotatable bonds is 8. The van der Waals surface area contributed by atoms with Crippen LogP contribution in [0.4, 0.5) is 0 Å². The van der Waals surface area contributed by atoms with Crippen LogP contribution in [-0.4, -0.2) is 62.5 Å². The summed E-state index contributed by atoms with van der Waals surface area (Å²) in [5.41, 5.74) is 6.18. The minimum atomic E-state index is -3.92. The minimum Gasteiger partial charge on any atom is -0.368 e. The van der Waals surface area contributed by atoms with Gasteiger partial charge in [0.1, 0.15) is 0 Å². The Morgan fingerprint density at radius 3 is 2.36 bits per heavy atom. The zero-order valence-electron chi connectivity index (χ0n) is 17.5. The molecule has 174 valence electrons. The maximum absolute atomic E-state index is 12.8. The molecule has 1 fully saturated rings. The van der Waals surface area contributed by atoms with Gasteiger partial charge < -0.3 is 21.7 Å². The van der Waals surface area contributed by atoms with Crippen LogP contribution < -0.4 is 21.7 Å². The van der Waals surface area contributed by atoms with E-state index in [0.29, 0.717) is 11.1 Å². The molecule has 0 aliphatic carbocycles. The van der Waals surface area contributed by atoms with Crippen LogP contribution in [0.5, 0.6) is 0 Å². The van der Waals surface area contributed by atoms with Gasteiger partial charge in [-0.2, -0.15) is 4.31 Å². The normalized spacial score (nSPS) is 14.2. The number of sulfonamides is 1. The maximum atomic E-state index is 12.8. The monoisotopic (exact) mass is 473 g/mol. The molecule has 1 saturated heterocycles. The molecule has 0 bridgehead atoms. The van der Waals surface area contributed by atoms with E-state index < -0.39 is 27.7 Å². The predicted octanol–water partition coefficient (Wildman–Crippen LogP) is -1.05. The molecule has 3 rings (SSSR count). The molecule has 0 aromatic heterocycles. The number of benzene rings is 2. The number of nitrogens with one attached hydrogen (secondary N) is 3. The Morgan fingerprint density at radius 2 is 1.70 bits per heavy atom. The summed E-state index contributed by atoms with van der Waals surface area (Å²) in [6, 6.07) is 12.0. The average molecular weight is 474 g/mol. The summed E-state index contributed by atoms with van der Waals surface area (Å²) in [4.78, 5) is 46.7. The second kappa shape index (κ2) is 10.2. The number of hydrogen-bond donors (Lipinski definition) is 4. The highest BCUT2D eigenvalue weighted by Crippen LogP contribution is 2.18. The second-order valence-corrected chi connectivity index (χ2v) is 9.18. The third kappa shape index (κ3) is 6.14. The molecule has 4 amide bonds. The van der Waals surface area contributed by atoms with Crippen molar-refractivity contribution in [2.75, 3.05) is 26.2 Å². The SMILES string of the molecule is NC(=O)CNC(=O)c1ccc(CNC(=O)c2cccc(S(=O)(=O)N3CCNC(=O)C3)c2)cc1. The third-order valence-corrected chi connectivity index (χ3v) is 6.67. The molecule has 2 aromatic carbocycles. The van der Waals surface area contributed by atoms with Gasteiger partial charge in [0.15, 0.2) is 0 Å². The van der Waals surface area contributed by atoms with Crippen molar-refractivity contribution in [2.24, 2.45) is 5.73 Å². The Kier molecular flexibility index (Phi) is 7.41. The summed E-state index contributed by atoms with van der Waals surface area (Å²) in [6.07, 6.45) is 0. The molecule has 1 aliphatic rings. The van der Waals surface area contributed by atoms with Gasteiger partial charge in [0.25, 0.3) is 11.8 Å². The van der Waals surface area contributed by atoms with Crippen LogP contribution in [-0.2, 0) is 26.2 Å². The minimum absolute atomic E-state index is 0.0730. The first-order valence-electron chi connectivity index (χ1n) is 9.97. The van der Waals surface area contributed by atoms with Crippen LogP contribution >= 0.6 is 0 Å². The van der Waals surface area contributed by atoms with E-state index in [1.165, 1.54) is 24.3 Å². The average Bonchev–Trinajstić information content (AvgIpc) is 2.81. The Bertz CT molecular complexity index is 1180. The van der Waals surface area contributed by atoms with E-state index in [1.807, 2.05) is 0 Å². The van der Waals surface area contributed by atoms with E-state index in [4.69, 9.17) is 5.73 Å². The zero-order valence-corrected chi connectivity index (χ0v) is 18.4. The summed E-state index contributed by atoms with van der Waals surface area (Å²) < 4.78 is 26.7. The van der Waals surface area contributed by atoms with Crippen molar-refractivity contribution in [3.63, 3.8) is 0 Å². The van der Waals surface area contributed by atoms with Crippen molar-refractivity contribution in [2.45, 2.75) is 11.4 Å². The largest absolute Gasteiger partial charge is 0.368 e. The summed E-state index contributed by atoms with van der Waals surface area (Å²) >= 11 is 0. The maximum Gasteiger partial charge on any atom is 0.251 e. The van der Waals surface area contributed by atoms with Crippen molar-refractivity contribution >= 4 is 33.7 Å². The molecule has 1 heterocycles. The molecule has 11 nitrogen and oxygen atoms in total. The first-order valence-corrected chi connectivity index (χ1v) is 11.4. The van der Waals surface area contributed by atoms with Gasteiger partial charge in [0.2, 0.25) is 21.8 Å². The van der Waals surface area contributed by atoms with Gasteiger partial charge in [-0.25, -0.2) is 8.42 Å². The Morgan fingerprint density at radius 1 is 1.00 bits per heavy atom. The van der Waals surface area contributed by atoms with Gasteiger partial charge in [-0.15, -0.1) is 0 Å². The lowest BCUT2D eigenvalue weighted by molar-refractivity contribution is -0.122. The molecule has 5 N–H and O–H groups in total. The number of hydrogen-bond acceptors (Lipinski definition) is 6. The van der Waals surface area contributed by atoms with Gasteiger partial charge in [-0.05, 0) is 35.9 Å². The highest BCUT2D eigenvalue weighted by atomic mass is 32.2. The fourth-order valence-electron chi connectivity index (χ4n) is 3.10. The van der Waals surface area contributed by atoms with Crippen molar-refractivity contribution in [1.82, 2.24) is 20.3 Å². The van der Waals surface area contributed by atoms with E-state index in [9.17, 15) is 27.6 Å². The van der Waals surface area contributed by atoms with Crippen LogP contribution in [0.25, 0.3) is 0 Å². The molecule has 0 unspecified atom stereocenters. The van der Waals surface area contributed by atoms with Crippen LogP contribution in [0.1, 0.15) is 26.3 Å². The first kappa shape index (κ1) is 23.9. The number of piperazine rings is 1. The number of nitrogens with two attached hydrogens (primary N) is 1. The molecular weight excluding hydrogens is 450 g/mol. The fourth-order valence-corrected chi connectivity index (χ4v) is 4.54. The number of primary amides is 1. The topological polar surface area (TPSA) is 168 Å². The predicted molar refractivity (Wildman–Crippen MR) is 117 cm³/mol. The molecule has 0 spiro atoms. The van der Waals surface area contributed by atoms with Crippen LogP contribution in [0, 0.1) is 0 Å². The van der Waals surface area contributed by atoms with Crippen molar-refractivity contribution < 1.29 is 27.6 Å². The summed E-state index contributed by atoms with van der Waals surface area (Å²) in [5, 5.41) is 7.64. The first-order chi connectivity index (χ1) is 15.7. The zero-order chi connectivity index (χ0) is 24.0. The fraction of sp³-hybridized carbons (Fsp3) is 0.238. The lowest BCUT2D eigenvalue weighted by Gasteiger charge is -2.26. The lowest BCUT2D eigenvalue weighted by atomic mass is 10.1. The third-order valence-electron chi connectivity index (χ3n) is 4.83. The molecule has 2 aromatic rings. The van der Waals surface area contributed by atoms with Gasteiger partial charge in [0, 0.05) is 30.8 Å². The number of carbonyl (C=O) groups is 4. The highest BCUT2D eigenvalue weighted by molar-refractivity contribution is 7.89. The number of nitrogens with zero attached hydrogens (tertiary/aromatic N) is 1. The summed E-state index contributed by atoms with van der Waals surface area (Å²) in [6.45, 7) is -0.0120. The molecular formula is C21H23N5O6S. The second-order valence-electron chi connectivity index (χ2n) is 7.24. The molecule has 12 heteroatoms. The smallest absolute Gasteiger partial charge is 0.251 e.